The fraction of sp³-hybridized carbons (Fsp3) is 0.179. The minimum Gasteiger partial charge on any atom is -0.204 e. The summed E-state index contributed by atoms with van der Waals surface area (Å²) in [7, 11) is 0. The molecule has 1 nitrogen and oxygen atoms in total. The van der Waals surface area contributed by atoms with Crippen molar-refractivity contribution in [1.29, 1.82) is 0 Å². The molecular weight excluding hydrogens is 456 g/mol. The predicted molar refractivity (Wildman–Crippen MR) is 135 cm³/mol. The Hall–Kier alpha value is -3.27. The third-order valence-electron chi connectivity index (χ3n) is 4.92. The molecule has 0 radical (unpaired) electrons. The topological polar surface area (TPSA) is 12.4 Å². The normalized spacial score (nSPS) is 9.85. The van der Waals surface area contributed by atoms with Gasteiger partial charge in [-0.25, -0.2) is 8.78 Å². The van der Waals surface area contributed by atoms with Crippen LogP contribution in [0.15, 0.2) is 53.5 Å². The molecule has 33 heavy (non-hydrogen) atoms. The van der Waals surface area contributed by atoms with Crippen LogP contribution in [-0.4, -0.2) is 5.16 Å². The van der Waals surface area contributed by atoms with Crippen LogP contribution in [0.4, 0.5) is 14.5 Å². The second-order valence-electron chi connectivity index (χ2n) is 7.37. The Bertz CT molecular complexity index is 1340. The van der Waals surface area contributed by atoms with E-state index in [1.165, 1.54) is 12.1 Å². The fourth-order valence-corrected chi connectivity index (χ4v) is 3.45. The summed E-state index contributed by atoms with van der Waals surface area (Å²) in [6.07, 6.45) is 3.07. The van der Waals surface area contributed by atoms with Crippen molar-refractivity contribution < 1.29 is 8.78 Å². The van der Waals surface area contributed by atoms with Gasteiger partial charge in [0.15, 0.2) is 11.6 Å². The SMILES string of the molecule is CCCCC#Cc1ccc(C#Cc2ccc(-c3cc(F)c(N=C=S)c(F)c3)cc2C)c(Cl)c1. The number of thiocarbonyl (C=S) groups is 1. The highest BCUT2D eigenvalue weighted by molar-refractivity contribution is 7.78. The summed E-state index contributed by atoms with van der Waals surface area (Å²) in [5.74, 6) is 10.9. The lowest BCUT2D eigenvalue weighted by molar-refractivity contribution is 0.588. The van der Waals surface area contributed by atoms with E-state index in [-0.39, 0.29) is 0 Å². The maximum absolute atomic E-state index is 14.2. The largest absolute Gasteiger partial charge is 0.204 e. The van der Waals surface area contributed by atoms with Crippen LogP contribution in [0.5, 0.6) is 0 Å². The van der Waals surface area contributed by atoms with Gasteiger partial charge in [-0.2, -0.15) is 4.99 Å². The Morgan fingerprint density at radius 2 is 1.61 bits per heavy atom. The summed E-state index contributed by atoms with van der Waals surface area (Å²) in [4.78, 5) is 3.44. The van der Waals surface area contributed by atoms with E-state index < -0.39 is 17.3 Å². The first-order valence-corrected chi connectivity index (χ1v) is 11.2. The van der Waals surface area contributed by atoms with E-state index >= 15 is 0 Å². The number of unbranched alkanes of at least 4 members (excludes halogenated alkanes) is 2. The quantitative estimate of drug-likeness (QED) is 0.160. The number of aliphatic imine (C=N–C) groups is 1. The predicted octanol–water partition coefficient (Wildman–Crippen LogP) is 8.27. The van der Waals surface area contributed by atoms with Crippen molar-refractivity contribution in [2.75, 3.05) is 0 Å². The van der Waals surface area contributed by atoms with Crippen molar-refractivity contribution in [2.24, 2.45) is 4.99 Å². The Morgan fingerprint density at radius 3 is 2.24 bits per heavy atom. The van der Waals surface area contributed by atoms with E-state index in [0.29, 0.717) is 21.7 Å². The molecule has 3 rings (SSSR count). The highest BCUT2D eigenvalue weighted by Gasteiger charge is 2.12. The second kappa shape index (κ2) is 11.6. The van der Waals surface area contributed by atoms with Gasteiger partial charge in [0.05, 0.1) is 10.2 Å². The third-order valence-corrected chi connectivity index (χ3v) is 5.33. The fourth-order valence-electron chi connectivity index (χ4n) is 3.13. The van der Waals surface area contributed by atoms with Gasteiger partial charge in [0.2, 0.25) is 0 Å². The van der Waals surface area contributed by atoms with Gasteiger partial charge >= 0.3 is 0 Å². The first kappa shape index (κ1) is 24.4. The van der Waals surface area contributed by atoms with Crippen LogP contribution in [0.25, 0.3) is 11.1 Å². The first-order valence-electron chi connectivity index (χ1n) is 10.4. The van der Waals surface area contributed by atoms with Crippen molar-refractivity contribution in [3.63, 3.8) is 0 Å². The second-order valence-corrected chi connectivity index (χ2v) is 7.96. The van der Waals surface area contributed by atoms with Crippen molar-refractivity contribution in [2.45, 2.75) is 33.1 Å². The van der Waals surface area contributed by atoms with Gasteiger partial charge in [0, 0.05) is 23.1 Å². The van der Waals surface area contributed by atoms with Crippen LogP contribution in [0.3, 0.4) is 0 Å². The summed E-state index contributed by atoms with van der Waals surface area (Å²) in [5, 5.41) is 2.53. The van der Waals surface area contributed by atoms with Crippen LogP contribution < -0.4 is 0 Å². The molecule has 0 bridgehead atoms. The van der Waals surface area contributed by atoms with Gasteiger partial charge in [-0.05, 0) is 78.7 Å². The molecular formula is C28H20ClF2NS. The Balaban J connectivity index is 1.84. The van der Waals surface area contributed by atoms with Gasteiger partial charge < -0.3 is 0 Å². The molecule has 0 saturated heterocycles. The van der Waals surface area contributed by atoms with Crippen molar-refractivity contribution in [1.82, 2.24) is 0 Å². The van der Waals surface area contributed by atoms with Crippen LogP contribution in [0.2, 0.25) is 5.02 Å². The number of hydrogen-bond donors (Lipinski definition) is 0. The summed E-state index contributed by atoms with van der Waals surface area (Å²) in [6, 6.07) is 13.5. The Labute approximate surface area is 203 Å². The number of nitrogens with zero attached hydrogens (tertiary/aromatic N) is 1. The molecule has 0 aliphatic rings. The smallest absolute Gasteiger partial charge is 0.153 e. The van der Waals surface area contributed by atoms with E-state index in [2.05, 4.69) is 47.8 Å². The highest BCUT2D eigenvalue weighted by atomic mass is 35.5. The number of hydrogen-bond acceptors (Lipinski definition) is 2. The molecule has 0 amide bonds. The van der Waals surface area contributed by atoms with Gasteiger partial charge in [-0.3, -0.25) is 0 Å². The monoisotopic (exact) mass is 475 g/mol. The van der Waals surface area contributed by atoms with E-state index in [1.54, 1.807) is 6.07 Å². The first-order chi connectivity index (χ1) is 15.9. The van der Waals surface area contributed by atoms with Crippen molar-refractivity contribution in [3.05, 3.63) is 87.4 Å². The van der Waals surface area contributed by atoms with Gasteiger partial charge in [0.1, 0.15) is 5.69 Å². The standard InChI is InChI=1S/C28H20ClF2NS/c1-3-4-5-6-7-20-8-9-22(25(29)15-20)12-10-21-11-13-23(14-19(21)2)24-16-26(30)28(32-18-33)27(31)17-24/h8-9,11,13-17H,3-5H2,1-2H3. The minimum absolute atomic E-state index is 0.398. The lowest BCUT2D eigenvalue weighted by Crippen LogP contribution is -1.89. The van der Waals surface area contributed by atoms with Crippen molar-refractivity contribution >= 4 is 34.7 Å². The number of isothiocyanates is 1. The lowest BCUT2D eigenvalue weighted by Gasteiger charge is -2.07. The van der Waals surface area contributed by atoms with E-state index in [4.69, 9.17) is 11.6 Å². The molecule has 0 aliphatic heterocycles. The summed E-state index contributed by atoms with van der Waals surface area (Å²) in [5.41, 5.74) is 3.86. The molecule has 0 atom stereocenters. The lowest BCUT2D eigenvalue weighted by atomic mass is 9.99. The van der Waals surface area contributed by atoms with Crippen molar-refractivity contribution in [3.8, 4) is 34.8 Å². The maximum Gasteiger partial charge on any atom is 0.153 e. The van der Waals surface area contributed by atoms with Gasteiger partial charge in [0.25, 0.3) is 0 Å². The van der Waals surface area contributed by atoms with Gasteiger partial charge in [-0.15, -0.1) is 0 Å². The molecule has 0 unspecified atom stereocenters. The zero-order valence-electron chi connectivity index (χ0n) is 18.2. The Kier molecular flexibility index (Phi) is 8.53. The summed E-state index contributed by atoms with van der Waals surface area (Å²) in [6.45, 7) is 4.03. The molecule has 3 aromatic rings. The number of aryl methyl sites for hydroxylation is 1. The number of benzene rings is 3. The zero-order chi connectivity index (χ0) is 23.8. The van der Waals surface area contributed by atoms with Crippen LogP contribution in [-0.2, 0) is 0 Å². The summed E-state index contributed by atoms with van der Waals surface area (Å²) < 4.78 is 28.4. The molecule has 164 valence electrons. The molecule has 0 heterocycles. The number of halogens is 3. The van der Waals surface area contributed by atoms with Crippen LogP contribution in [0, 0.1) is 42.2 Å². The van der Waals surface area contributed by atoms with Crippen LogP contribution >= 0.6 is 23.8 Å². The molecule has 0 spiro atoms. The molecule has 0 N–H and O–H groups in total. The third kappa shape index (κ3) is 6.38. The average molecular weight is 476 g/mol. The Morgan fingerprint density at radius 1 is 0.909 bits per heavy atom. The molecule has 0 saturated carbocycles. The molecule has 0 aliphatic carbocycles. The average Bonchev–Trinajstić information content (AvgIpc) is 2.79. The molecule has 0 fully saturated rings. The molecule has 3 aromatic carbocycles. The number of rotatable bonds is 4. The minimum atomic E-state index is -0.794. The maximum atomic E-state index is 14.2. The zero-order valence-corrected chi connectivity index (χ0v) is 19.8. The highest BCUT2D eigenvalue weighted by Crippen LogP contribution is 2.30. The van der Waals surface area contributed by atoms with E-state index in [0.717, 1.165) is 36.0 Å². The van der Waals surface area contributed by atoms with Crippen LogP contribution in [0.1, 0.15) is 48.4 Å². The van der Waals surface area contributed by atoms with Gasteiger partial charge in [-0.1, -0.05) is 60.8 Å². The molecule has 5 heteroatoms. The summed E-state index contributed by atoms with van der Waals surface area (Å²) >= 11 is 10.8. The van der Waals surface area contributed by atoms with E-state index in [9.17, 15) is 8.78 Å². The van der Waals surface area contributed by atoms with E-state index in [1.807, 2.05) is 42.4 Å². The molecule has 0 aromatic heterocycles.